The van der Waals surface area contributed by atoms with Gasteiger partial charge in [0.25, 0.3) is 11.5 Å². The minimum Gasteiger partial charge on any atom is -0.378 e. The van der Waals surface area contributed by atoms with E-state index in [-0.39, 0.29) is 23.8 Å². The van der Waals surface area contributed by atoms with Crippen LogP contribution in [0.1, 0.15) is 33.6 Å². The monoisotopic (exact) mass is 485 g/mol. The number of anilines is 2. The number of ether oxygens (including phenoxy) is 1. The number of aromatic nitrogens is 2. The molecule has 0 spiro atoms. The van der Waals surface area contributed by atoms with Gasteiger partial charge in [-0.1, -0.05) is 0 Å². The molecule has 1 aromatic heterocycles. The molecule has 2 saturated heterocycles. The fourth-order valence-electron chi connectivity index (χ4n) is 4.15. The van der Waals surface area contributed by atoms with Gasteiger partial charge in [-0.3, -0.25) is 19.4 Å². The van der Waals surface area contributed by atoms with Gasteiger partial charge in [-0.2, -0.15) is 11.8 Å². The first-order valence-electron chi connectivity index (χ1n) is 11.6. The van der Waals surface area contributed by atoms with Crippen LogP contribution in [0.25, 0.3) is 0 Å². The van der Waals surface area contributed by atoms with Crippen LogP contribution in [0.2, 0.25) is 0 Å². The van der Waals surface area contributed by atoms with Crippen LogP contribution in [-0.4, -0.2) is 77.6 Å². The fraction of sp³-hybridized carbons (Fsp3) is 0.500. The molecule has 0 aliphatic carbocycles. The second-order valence-corrected chi connectivity index (χ2v) is 9.76. The second kappa shape index (κ2) is 11.1. The maximum absolute atomic E-state index is 12.7. The quantitative estimate of drug-likeness (QED) is 0.644. The standard InChI is InChI=1S/C24H31N5O4S/c1-16-15-18(23(32)28-9-13-34-14-10-28)3-5-20(16)26-21(30)6-4-19-17(2)25-24(27-22(19)31)29-7-11-33-12-8-29/h3,5,15H,4,6-14H2,1-2H3,(H,26,30)(H,25,27,31). The van der Waals surface area contributed by atoms with Crippen molar-refractivity contribution in [1.82, 2.24) is 14.9 Å². The molecule has 2 aliphatic rings. The number of aromatic amines is 1. The van der Waals surface area contributed by atoms with E-state index in [2.05, 4.69) is 15.3 Å². The Balaban J connectivity index is 1.35. The van der Waals surface area contributed by atoms with Crippen molar-refractivity contribution in [3.05, 3.63) is 50.9 Å². The summed E-state index contributed by atoms with van der Waals surface area (Å²) in [5.41, 5.74) is 3.07. The number of nitrogens with one attached hydrogen (secondary N) is 2. The molecular formula is C24H31N5O4S. The van der Waals surface area contributed by atoms with Gasteiger partial charge in [-0.25, -0.2) is 4.98 Å². The first kappa shape index (κ1) is 24.3. The normalized spacial score (nSPS) is 16.4. The Labute approximate surface area is 203 Å². The first-order valence-corrected chi connectivity index (χ1v) is 12.8. The third-order valence-electron chi connectivity index (χ3n) is 6.17. The predicted molar refractivity (Wildman–Crippen MR) is 134 cm³/mol. The summed E-state index contributed by atoms with van der Waals surface area (Å²) in [6.45, 7) is 7.79. The molecule has 0 radical (unpaired) electrons. The summed E-state index contributed by atoms with van der Waals surface area (Å²) in [6, 6.07) is 5.36. The topological polar surface area (TPSA) is 108 Å². The van der Waals surface area contributed by atoms with Crippen molar-refractivity contribution in [1.29, 1.82) is 0 Å². The Morgan fingerprint density at radius 2 is 1.88 bits per heavy atom. The number of aryl methyl sites for hydroxylation is 2. The number of hydrogen-bond donors (Lipinski definition) is 2. The smallest absolute Gasteiger partial charge is 0.255 e. The number of nitrogens with zero attached hydrogens (tertiary/aromatic N) is 3. The molecule has 2 aromatic rings. The summed E-state index contributed by atoms with van der Waals surface area (Å²) in [7, 11) is 0. The van der Waals surface area contributed by atoms with Crippen LogP contribution >= 0.6 is 11.8 Å². The highest BCUT2D eigenvalue weighted by atomic mass is 32.2. The minimum atomic E-state index is -0.211. The van der Waals surface area contributed by atoms with E-state index in [4.69, 9.17) is 4.74 Å². The maximum atomic E-state index is 12.7. The summed E-state index contributed by atoms with van der Waals surface area (Å²) in [6.07, 6.45) is 0.458. The zero-order chi connectivity index (χ0) is 24.1. The second-order valence-electron chi connectivity index (χ2n) is 8.54. The van der Waals surface area contributed by atoms with E-state index in [1.54, 1.807) is 19.1 Å². The number of rotatable bonds is 6. The van der Waals surface area contributed by atoms with Crippen molar-refractivity contribution in [3.63, 3.8) is 0 Å². The van der Waals surface area contributed by atoms with Crippen LogP contribution in [0, 0.1) is 13.8 Å². The van der Waals surface area contributed by atoms with Gasteiger partial charge in [0.2, 0.25) is 11.9 Å². The van der Waals surface area contributed by atoms with Crippen LogP contribution in [0.3, 0.4) is 0 Å². The molecule has 0 saturated carbocycles. The Hall–Kier alpha value is -2.85. The average Bonchev–Trinajstić information content (AvgIpc) is 2.85. The van der Waals surface area contributed by atoms with E-state index >= 15 is 0 Å². The zero-order valence-electron chi connectivity index (χ0n) is 19.7. The highest BCUT2D eigenvalue weighted by Crippen LogP contribution is 2.20. The number of carbonyl (C=O) groups excluding carboxylic acids is 2. The molecule has 1 aromatic carbocycles. The van der Waals surface area contributed by atoms with Crippen molar-refractivity contribution >= 4 is 35.2 Å². The highest BCUT2D eigenvalue weighted by molar-refractivity contribution is 7.99. The molecule has 2 amide bonds. The lowest BCUT2D eigenvalue weighted by Gasteiger charge is -2.27. The third-order valence-corrected chi connectivity index (χ3v) is 7.11. The zero-order valence-corrected chi connectivity index (χ0v) is 20.5. The van der Waals surface area contributed by atoms with Gasteiger partial charge >= 0.3 is 0 Å². The average molecular weight is 486 g/mol. The van der Waals surface area contributed by atoms with Gasteiger partial charge in [0.05, 0.1) is 13.2 Å². The lowest BCUT2D eigenvalue weighted by molar-refractivity contribution is -0.116. The Kier molecular flexibility index (Phi) is 7.89. The Bertz CT molecular complexity index is 1110. The van der Waals surface area contributed by atoms with E-state index in [1.165, 1.54) is 0 Å². The minimum absolute atomic E-state index is 0.0315. The van der Waals surface area contributed by atoms with Gasteiger partial charge in [-0.15, -0.1) is 0 Å². The van der Waals surface area contributed by atoms with Gasteiger partial charge in [0.15, 0.2) is 0 Å². The molecule has 2 aliphatic heterocycles. The van der Waals surface area contributed by atoms with Crippen molar-refractivity contribution in [2.24, 2.45) is 0 Å². The molecule has 0 unspecified atom stereocenters. The number of amides is 2. The molecule has 10 heteroatoms. The molecule has 2 N–H and O–H groups in total. The molecule has 182 valence electrons. The summed E-state index contributed by atoms with van der Waals surface area (Å²) in [4.78, 5) is 49.2. The third kappa shape index (κ3) is 5.79. The number of carbonyl (C=O) groups is 2. The summed E-state index contributed by atoms with van der Waals surface area (Å²) in [5, 5.41) is 2.91. The summed E-state index contributed by atoms with van der Waals surface area (Å²) in [5.74, 6) is 2.32. The molecule has 2 fully saturated rings. The van der Waals surface area contributed by atoms with Crippen molar-refractivity contribution in [2.45, 2.75) is 26.7 Å². The number of H-pyrrole nitrogens is 1. The summed E-state index contributed by atoms with van der Waals surface area (Å²) < 4.78 is 5.35. The first-order chi connectivity index (χ1) is 16.4. The SMILES string of the molecule is Cc1cc(C(=O)N2CCSCC2)ccc1NC(=O)CCc1c(C)nc(N2CCOCC2)[nH]c1=O. The number of morpholine rings is 1. The lowest BCUT2D eigenvalue weighted by atomic mass is 10.1. The molecular weight excluding hydrogens is 454 g/mol. The van der Waals surface area contributed by atoms with Crippen LogP contribution in [0.4, 0.5) is 11.6 Å². The maximum Gasteiger partial charge on any atom is 0.255 e. The Morgan fingerprint density at radius 1 is 1.15 bits per heavy atom. The van der Waals surface area contributed by atoms with Gasteiger partial charge in [0.1, 0.15) is 0 Å². The number of hydrogen-bond acceptors (Lipinski definition) is 7. The van der Waals surface area contributed by atoms with E-state index in [9.17, 15) is 14.4 Å². The largest absolute Gasteiger partial charge is 0.378 e. The van der Waals surface area contributed by atoms with E-state index in [0.717, 1.165) is 30.2 Å². The molecule has 0 atom stereocenters. The molecule has 3 heterocycles. The van der Waals surface area contributed by atoms with Crippen LogP contribution < -0.4 is 15.8 Å². The number of thioether (sulfide) groups is 1. The van der Waals surface area contributed by atoms with Crippen LogP contribution in [0.15, 0.2) is 23.0 Å². The van der Waals surface area contributed by atoms with Crippen molar-refractivity contribution < 1.29 is 14.3 Å². The van der Waals surface area contributed by atoms with Gasteiger partial charge in [0, 0.05) is 66.6 Å². The van der Waals surface area contributed by atoms with E-state index in [1.807, 2.05) is 34.6 Å². The fourth-order valence-corrected chi connectivity index (χ4v) is 5.06. The molecule has 0 bridgehead atoms. The summed E-state index contributed by atoms with van der Waals surface area (Å²) >= 11 is 1.86. The van der Waals surface area contributed by atoms with E-state index < -0.39 is 0 Å². The lowest BCUT2D eigenvalue weighted by Crippen LogP contribution is -2.38. The van der Waals surface area contributed by atoms with Crippen molar-refractivity contribution in [2.75, 3.05) is 61.1 Å². The van der Waals surface area contributed by atoms with E-state index in [0.29, 0.717) is 61.2 Å². The number of benzene rings is 1. The molecule has 9 nitrogen and oxygen atoms in total. The molecule has 34 heavy (non-hydrogen) atoms. The van der Waals surface area contributed by atoms with Gasteiger partial charge < -0.3 is 19.9 Å². The van der Waals surface area contributed by atoms with Crippen LogP contribution in [-0.2, 0) is 16.0 Å². The molecule has 4 rings (SSSR count). The highest BCUT2D eigenvalue weighted by Gasteiger charge is 2.20. The van der Waals surface area contributed by atoms with Gasteiger partial charge in [-0.05, 0) is 44.0 Å². The predicted octanol–water partition coefficient (Wildman–Crippen LogP) is 1.98. The van der Waals surface area contributed by atoms with Crippen molar-refractivity contribution in [3.8, 4) is 0 Å². The Morgan fingerprint density at radius 3 is 2.56 bits per heavy atom. The van der Waals surface area contributed by atoms with Crippen LogP contribution in [0.5, 0.6) is 0 Å².